The molecule has 2 rings (SSSR count). The van der Waals surface area contributed by atoms with Gasteiger partial charge < -0.3 is 9.84 Å². The van der Waals surface area contributed by atoms with Gasteiger partial charge in [0.25, 0.3) is 0 Å². The van der Waals surface area contributed by atoms with Crippen LogP contribution in [0.2, 0.25) is 0 Å². The quantitative estimate of drug-likeness (QED) is 0.829. The summed E-state index contributed by atoms with van der Waals surface area (Å²) in [5, 5.41) is 10.8. The topological polar surface area (TPSA) is 29.5 Å². The van der Waals surface area contributed by atoms with Gasteiger partial charge in [-0.25, -0.2) is 0 Å². The molecule has 0 amide bonds. The van der Waals surface area contributed by atoms with Crippen LogP contribution in [0, 0.1) is 3.57 Å². The van der Waals surface area contributed by atoms with Crippen LogP contribution in [0.15, 0.2) is 48.5 Å². The van der Waals surface area contributed by atoms with E-state index < -0.39 is 5.60 Å². The van der Waals surface area contributed by atoms with Crippen molar-refractivity contribution in [2.75, 3.05) is 6.61 Å². The third kappa shape index (κ3) is 3.28. The van der Waals surface area contributed by atoms with Crippen LogP contribution in [0.5, 0.6) is 5.75 Å². The number of rotatable bonds is 4. The van der Waals surface area contributed by atoms with Crippen molar-refractivity contribution in [1.29, 1.82) is 0 Å². The standard InChI is InChI=1S/C16H17IO2/c1-3-19-15-6-4-5-13(11-15)16(2,18)12-7-9-14(17)10-8-12/h4-11,18H,3H2,1-2H3. The van der Waals surface area contributed by atoms with Gasteiger partial charge in [0.15, 0.2) is 0 Å². The zero-order chi connectivity index (χ0) is 13.9. The number of benzene rings is 2. The molecule has 1 N–H and O–H groups in total. The minimum absolute atomic E-state index is 0.620. The third-order valence-electron chi connectivity index (χ3n) is 3.11. The van der Waals surface area contributed by atoms with E-state index in [9.17, 15) is 5.11 Å². The first-order chi connectivity index (χ1) is 9.04. The molecule has 0 spiro atoms. The fourth-order valence-electron chi connectivity index (χ4n) is 2.00. The van der Waals surface area contributed by atoms with Crippen LogP contribution in [-0.2, 0) is 5.60 Å². The zero-order valence-corrected chi connectivity index (χ0v) is 13.2. The Kier molecular flexibility index (Phi) is 4.47. The fraction of sp³-hybridized carbons (Fsp3) is 0.250. The maximum atomic E-state index is 10.8. The largest absolute Gasteiger partial charge is 0.494 e. The Balaban J connectivity index is 2.37. The van der Waals surface area contributed by atoms with Crippen LogP contribution in [0.25, 0.3) is 0 Å². The molecule has 19 heavy (non-hydrogen) atoms. The van der Waals surface area contributed by atoms with Gasteiger partial charge in [-0.1, -0.05) is 24.3 Å². The maximum Gasteiger partial charge on any atom is 0.119 e. The second kappa shape index (κ2) is 5.92. The van der Waals surface area contributed by atoms with E-state index in [1.807, 2.05) is 55.5 Å². The lowest BCUT2D eigenvalue weighted by atomic mass is 9.88. The van der Waals surface area contributed by atoms with Crippen molar-refractivity contribution in [2.24, 2.45) is 0 Å². The molecule has 0 aliphatic carbocycles. The Labute approximate surface area is 127 Å². The summed E-state index contributed by atoms with van der Waals surface area (Å²) >= 11 is 2.25. The molecule has 0 radical (unpaired) electrons. The lowest BCUT2D eigenvalue weighted by molar-refractivity contribution is 0.102. The number of halogens is 1. The van der Waals surface area contributed by atoms with E-state index in [0.29, 0.717) is 6.61 Å². The van der Waals surface area contributed by atoms with Crippen LogP contribution < -0.4 is 4.74 Å². The molecular formula is C16H17IO2. The molecule has 3 heteroatoms. The van der Waals surface area contributed by atoms with Crippen molar-refractivity contribution >= 4 is 22.6 Å². The van der Waals surface area contributed by atoms with Gasteiger partial charge in [-0.05, 0) is 71.8 Å². The molecular weight excluding hydrogens is 351 g/mol. The summed E-state index contributed by atoms with van der Waals surface area (Å²) in [5.41, 5.74) is 0.693. The van der Waals surface area contributed by atoms with E-state index in [-0.39, 0.29) is 0 Å². The number of hydrogen-bond donors (Lipinski definition) is 1. The summed E-state index contributed by atoms with van der Waals surface area (Å²) in [6.45, 7) is 4.37. The van der Waals surface area contributed by atoms with Gasteiger partial charge in [0, 0.05) is 3.57 Å². The van der Waals surface area contributed by atoms with Gasteiger partial charge in [0.2, 0.25) is 0 Å². The highest BCUT2D eigenvalue weighted by Gasteiger charge is 2.25. The number of ether oxygens (including phenoxy) is 1. The van der Waals surface area contributed by atoms with Crippen molar-refractivity contribution < 1.29 is 9.84 Å². The van der Waals surface area contributed by atoms with Gasteiger partial charge in [-0.3, -0.25) is 0 Å². The van der Waals surface area contributed by atoms with Crippen LogP contribution in [0.4, 0.5) is 0 Å². The van der Waals surface area contributed by atoms with Crippen LogP contribution in [0.1, 0.15) is 25.0 Å². The average molecular weight is 368 g/mol. The summed E-state index contributed by atoms with van der Waals surface area (Å²) in [7, 11) is 0. The second-order valence-electron chi connectivity index (χ2n) is 4.54. The van der Waals surface area contributed by atoms with E-state index in [1.54, 1.807) is 6.92 Å². The summed E-state index contributed by atoms with van der Waals surface area (Å²) < 4.78 is 6.64. The zero-order valence-electron chi connectivity index (χ0n) is 11.1. The van der Waals surface area contributed by atoms with Gasteiger partial charge in [0.1, 0.15) is 11.4 Å². The summed E-state index contributed by atoms with van der Waals surface area (Å²) in [6.07, 6.45) is 0. The van der Waals surface area contributed by atoms with Crippen molar-refractivity contribution in [3.05, 3.63) is 63.2 Å². The van der Waals surface area contributed by atoms with Gasteiger partial charge in [0.05, 0.1) is 6.61 Å². The Hall–Kier alpha value is -1.07. The van der Waals surface area contributed by atoms with Crippen molar-refractivity contribution in [1.82, 2.24) is 0 Å². The molecule has 0 aliphatic rings. The minimum Gasteiger partial charge on any atom is -0.494 e. The Morgan fingerprint density at radius 3 is 2.42 bits per heavy atom. The van der Waals surface area contributed by atoms with E-state index in [0.717, 1.165) is 20.4 Å². The summed E-state index contributed by atoms with van der Waals surface area (Å²) in [5.74, 6) is 0.783. The predicted octanol–water partition coefficient (Wildman–Crippen LogP) is 3.95. The van der Waals surface area contributed by atoms with E-state index in [2.05, 4.69) is 22.6 Å². The summed E-state index contributed by atoms with van der Waals surface area (Å²) in [4.78, 5) is 0. The van der Waals surface area contributed by atoms with Gasteiger partial charge in [-0.2, -0.15) is 0 Å². The van der Waals surface area contributed by atoms with Crippen molar-refractivity contribution in [2.45, 2.75) is 19.4 Å². The molecule has 1 unspecified atom stereocenters. The SMILES string of the molecule is CCOc1cccc(C(C)(O)c2ccc(I)cc2)c1. The number of hydrogen-bond acceptors (Lipinski definition) is 2. The Morgan fingerprint density at radius 2 is 1.79 bits per heavy atom. The molecule has 0 bridgehead atoms. The van der Waals surface area contributed by atoms with Crippen molar-refractivity contribution in [3.63, 3.8) is 0 Å². The van der Waals surface area contributed by atoms with Crippen molar-refractivity contribution in [3.8, 4) is 5.75 Å². The second-order valence-corrected chi connectivity index (χ2v) is 5.79. The van der Waals surface area contributed by atoms with Crippen LogP contribution in [-0.4, -0.2) is 11.7 Å². The molecule has 2 nitrogen and oxygen atoms in total. The molecule has 1 atom stereocenters. The first-order valence-electron chi connectivity index (χ1n) is 6.26. The normalized spacial score (nSPS) is 13.9. The fourth-order valence-corrected chi connectivity index (χ4v) is 2.36. The van der Waals surface area contributed by atoms with Crippen LogP contribution >= 0.6 is 22.6 Å². The van der Waals surface area contributed by atoms with E-state index in [4.69, 9.17) is 4.74 Å². The van der Waals surface area contributed by atoms with Crippen LogP contribution in [0.3, 0.4) is 0 Å². The maximum absolute atomic E-state index is 10.8. The minimum atomic E-state index is -1.02. The van der Waals surface area contributed by atoms with E-state index in [1.165, 1.54) is 0 Å². The highest BCUT2D eigenvalue weighted by atomic mass is 127. The highest BCUT2D eigenvalue weighted by molar-refractivity contribution is 14.1. The lowest BCUT2D eigenvalue weighted by Crippen LogP contribution is -2.22. The van der Waals surface area contributed by atoms with E-state index >= 15 is 0 Å². The first kappa shape index (κ1) is 14.3. The molecule has 0 saturated heterocycles. The molecule has 0 aromatic heterocycles. The predicted molar refractivity (Wildman–Crippen MR) is 85.4 cm³/mol. The lowest BCUT2D eigenvalue weighted by Gasteiger charge is -2.25. The molecule has 0 heterocycles. The molecule has 2 aromatic carbocycles. The Bertz CT molecular complexity index is 547. The summed E-state index contributed by atoms with van der Waals surface area (Å²) in [6, 6.07) is 15.5. The average Bonchev–Trinajstić information content (AvgIpc) is 2.40. The molecule has 2 aromatic rings. The molecule has 100 valence electrons. The molecule has 0 aliphatic heterocycles. The highest BCUT2D eigenvalue weighted by Crippen LogP contribution is 2.31. The molecule has 0 fully saturated rings. The smallest absolute Gasteiger partial charge is 0.119 e. The third-order valence-corrected chi connectivity index (χ3v) is 3.83. The number of aliphatic hydroxyl groups is 1. The molecule has 0 saturated carbocycles. The monoisotopic (exact) mass is 368 g/mol. The van der Waals surface area contributed by atoms with Gasteiger partial charge >= 0.3 is 0 Å². The Morgan fingerprint density at radius 1 is 1.11 bits per heavy atom. The first-order valence-corrected chi connectivity index (χ1v) is 7.33. The van der Waals surface area contributed by atoms with Gasteiger partial charge in [-0.15, -0.1) is 0 Å².